The van der Waals surface area contributed by atoms with Crippen LogP contribution in [0.25, 0.3) is 0 Å². The van der Waals surface area contributed by atoms with Crippen molar-refractivity contribution in [1.29, 1.82) is 0 Å². The first-order valence-corrected chi connectivity index (χ1v) is 7.07. The Morgan fingerprint density at radius 3 is 2.59 bits per heavy atom. The van der Waals surface area contributed by atoms with E-state index >= 15 is 0 Å². The van der Waals surface area contributed by atoms with Gasteiger partial charge in [0.1, 0.15) is 6.10 Å². The van der Waals surface area contributed by atoms with Crippen LogP contribution in [0.2, 0.25) is 0 Å². The molecule has 9 heteroatoms. The van der Waals surface area contributed by atoms with Crippen molar-refractivity contribution in [3.8, 4) is 0 Å². The van der Waals surface area contributed by atoms with Gasteiger partial charge in [0.25, 0.3) is 0 Å². The van der Waals surface area contributed by atoms with E-state index in [9.17, 15) is 24.6 Å². The molecule has 0 bridgehead atoms. The van der Waals surface area contributed by atoms with E-state index in [1.165, 1.54) is 6.08 Å². The maximum Gasteiger partial charge on any atom is 0.247 e. The minimum absolute atomic E-state index is 0.00780. The SMILES string of the molecule is NC(=O)CCNC(=O)C1=C[C@@H](NC(=O)CC[NH3+])[C@@H](O)[C@H](O)C1. The summed E-state index contributed by atoms with van der Waals surface area (Å²) in [7, 11) is 0. The normalized spacial score (nSPS) is 24.3. The van der Waals surface area contributed by atoms with Gasteiger partial charge in [-0.25, -0.2) is 0 Å². The van der Waals surface area contributed by atoms with E-state index in [-0.39, 0.29) is 37.3 Å². The Labute approximate surface area is 127 Å². The van der Waals surface area contributed by atoms with E-state index in [0.29, 0.717) is 6.54 Å². The summed E-state index contributed by atoms with van der Waals surface area (Å²) in [5.41, 5.74) is 8.76. The van der Waals surface area contributed by atoms with E-state index in [1.807, 2.05) is 0 Å². The Morgan fingerprint density at radius 2 is 2.00 bits per heavy atom. The average Bonchev–Trinajstić information content (AvgIpc) is 2.43. The number of primary amides is 1. The number of nitrogens with one attached hydrogen (secondary N) is 2. The van der Waals surface area contributed by atoms with Crippen LogP contribution in [0.1, 0.15) is 19.3 Å². The molecule has 1 aliphatic rings. The van der Waals surface area contributed by atoms with Crippen LogP contribution in [-0.4, -0.2) is 59.3 Å². The van der Waals surface area contributed by atoms with Gasteiger partial charge in [-0.15, -0.1) is 0 Å². The van der Waals surface area contributed by atoms with Gasteiger partial charge in [-0.1, -0.05) is 6.08 Å². The average molecular weight is 315 g/mol. The summed E-state index contributed by atoms with van der Waals surface area (Å²) in [6.07, 6.45) is -0.771. The molecule has 9 nitrogen and oxygen atoms in total. The molecule has 0 aromatic rings. The van der Waals surface area contributed by atoms with E-state index in [1.54, 1.807) is 0 Å². The molecule has 0 spiro atoms. The van der Waals surface area contributed by atoms with Gasteiger partial charge >= 0.3 is 0 Å². The Kier molecular flexibility index (Phi) is 6.96. The molecule has 1 aliphatic carbocycles. The van der Waals surface area contributed by atoms with Crippen LogP contribution in [0, 0.1) is 0 Å². The number of carbonyl (C=O) groups excluding carboxylic acids is 3. The maximum absolute atomic E-state index is 11.9. The molecule has 0 radical (unpaired) electrons. The third kappa shape index (κ3) is 5.43. The molecule has 3 atom stereocenters. The number of rotatable bonds is 7. The summed E-state index contributed by atoms with van der Waals surface area (Å²) < 4.78 is 0. The van der Waals surface area contributed by atoms with Crippen molar-refractivity contribution in [3.63, 3.8) is 0 Å². The van der Waals surface area contributed by atoms with Crippen molar-refractivity contribution in [2.45, 2.75) is 37.5 Å². The van der Waals surface area contributed by atoms with Crippen molar-refractivity contribution < 1.29 is 30.3 Å². The van der Waals surface area contributed by atoms with Crippen molar-refractivity contribution in [2.75, 3.05) is 13.1 Å². The second-order valence-corrected chi connectivity index (χ2v) is 5.12. The fraction of sp³-hybridized carbons (Fsp3) is 0.615. The van der Waals surface area contributed by atoms with Crippen molar-refractivity contribution in [3.05, 3.63) is 11.6 Å². The molecule has 0 saturated carbocycles. The lowest BCUT2D eigenvalue weighted by Crippen LogP contribution is -2.54. The highest BCUT2D eigenvalue weighted by Gasteiger charge is 2.33. The summed E-state index contributed by atoms with van der Waals surface area (Å²) in [4.78, 5) is 34.1. The molecule has 3 amide bonds. The van der Waals surface area contributed by atoms with E-state index < -0.39 is 30.1 Å². The summed E-state index contributed by atoms with van der Waals surface area (Å²) in [6, 6.07) is -0.848. The van der Waals surface area contributed by atoms with Crippen LogP contribution < -0.4 is 22.1 Å². The Morgan fingerprint density at radius 1 is 1.32 bits per heavy atom. The second-order valence-electron chi connectivity index (χ2n) is 5.12. The summed E-state index contributed by atoms with van der Waals surface area (Å²) in [5.74, 6) is -1.33. The number of aliphatic hydroxyl groups is 2. The number of hydrogen-bond donors (Lipinski definition) is 6. The number of nitrogens with two attached hydrogens (primary N) is 1. The van der Waals surface area contributed by atoms with Crippen LogP contribution in [0.3, 0.4) is 0 Å². The first-order valence-electron chi connectivity index (χ1n) is 7.07. The molecule has 22 heavy (non-hydrogen) atoms. The molecule has 0 heterocycles. The summed E-state index contributed by atoms with van der Waals surface area (Å²) >= 11 is 0. The van der Waals surface area contributed by atoms with Crippen LogP contribution >= 0.6 is 0 Å². The zero-order valence-electron chi connectivity index (χ0n) is 12.2. The lowest BCUT2D eigenvalue weighted by Gasteiger charge is -2.31. The molecule has 0 aromatic heterocycles. The van der Waals surface area contributed by atoms with E-state index in [2.05, 4.69) is 16.4 Å². The van der Waals surface area contributed by atoms with Crippen molar-refractivity contribution in [1.82, 2.24) is 10.6 Å². The molecule has 9 N–H and O–H groups in total. The lowest BCUT2D eigenvalue weighted by atomic mass is 9.90. The van der Waals surface area contributed by atoms with Gasteiger partial charge in [0.15, 0.2) is 0 Å². The van der Waals surface area contributed by atoms with Crippen LogP contribution in [0.5, 0.6) is 0 Å². The number of aliphatic hydroxyl groups excluding tert-OH is 2. The highest BCUT2D eigenvalue weighted by molar-refractivity contribution is 5.94. The predicted octanol–water partition coefficient (Wildman–Crippen LogP) is -3.85. The molecular formula is C13H23N4O5+. The maximum atomic E-state index is 11.9. The van der Waals surface area contributed by atoms with Gasteiger partial charge in [-0.05, 0) is 0 Å². The van der Waals surface area contributed by atoms with Gasteiger partial charge in [0, 0.05) is 25.0 Å². The Bertz CT molecular complexity index is 465. The molecule has 0 aromatic carbocycles. The number of quaternary nitrogens is 1. The number of carbonyl (C=O) groups is 3. The quantitative estimate of drug-likeness (QED) is 0.282. The Balaban J connectivity index is 2.69. The predicted molar refractivity (Wildman–Crippen MR) is 75.8 cm³/mol. The molecule has 1 rings (SSSR count). The van der Waals surface area contributed by atoms with Gasteiger partial charge in [0.2, 0.25) is 17.7 Å². The highest BCUT2D eigenvalue weighted by Crippen LogP contribution is 2.20. The topological polar surface area (TPSA) is 169 Å². The monoisotopic (exact) mass is 315 g/mol. The number of hydrogen-bond acceptors (Lipinski definition) is 5. The van der Waals surface area contributed by atoms with Crippen LogP contribution in [0.4, 0.5) is 0 Å². The number of amides is 3. The second kappa shape index (κ2) is 8.47. The zero-order valence-corrected chi connectivity index (χ0v) is 12.2. The van der Waals surface area contributed by atoms with Crippen molar-refractivity contribution in [2.24, 2.45) is 5.73 Å². The molecule has 0 aliphatic heterocycles. The van der Waals surface area contributed by atoms with Gasteiger partial charge in [-0.3, -0.25) is 14.4 Å². The fourth-order valence-electron chi connectivity index (χ4n) is 2.10. The lowest BCUT2D eigenvalue weighted by molar-refractivity contribution is -0.366. The van der Waals surface area contributed by atoms with Gasteiger partial charge in [-0.2, -0.15) is 0 Å². The fourth-order valence-corrected chi connectivity index (χ4v) is 2.10. The third-order valence-electron chi connectivity index (χ3n) is 3.25. The van der Waals surface area contributed by atoms with E-state index in [0.717, 1.165) is 0 Å². The first-order chi connectivity index (χ1) is 10.3. The van der Waals surface area contributed by atoms with Gasteiger partial charge < -0.3 is 32.3 Å². The largest absolute Gasteiger partial charge is 0.390 e. The summed E-state index contributed by atoms with van der Waals surface area (Å²) in [6.45, 7) is 0.490. The summed E-state index contributed by atoms with van der Waals surface area (Å²) in [5, 5.41) is 24.7. The third-order valence-corrected chi connectivity index (χ3v) is 3.25. The minimum atomic E-state index is -1.18. The molecule has 0 unspecified atom stereocenters. The smallest absolute Gasteiger partial charge is 0.247 e. The van der Waals surface area contributed by atoms with Crippen LogP contribution in [-0.2, 0) is 14.4 Å². The molecular weight excluding hydrogens is 292 g/mol. The highest BCUT2D eigenvalue weighted by atomic mass is 16.3. The van der Waals surface area contributed by atoms with Gasteiger partial charge in [0.05, 0.1) is 25.1 Å². The van der Waals surface area contributed by atoms with Crippen molar-refractivity contribution >= 4 is 17.7 Å². The van der Waals surface area contributed by atoms with E-state index in [4.69, 9.17) is 5.73 Å². The Hall–Kier alpha value is -1.97. The zero-order chi connectivity index (χ0) is 16.7. The molecule has 0 saturated heterocycles. The first kappa shape index (κ1) is 18.1. The van der Waals surface area contributed by atoms with Crippen LogP contribution in [0.15, 0.2) is 11.6 Å². The molecule has 124 valence electrons. The molecule has 0 fully saturated rings. The minimum Gasteiger partial charge on any atom is -0.390 e. The standard InChI is InChI=1S/C13H22N4O5/c14-3-1-11(20)17-8-5-7(6-9(18)12(8)21)13(22)16-4-2-10(15)19/h5,8-9,12,18,21H,1-4,6,14H2,(H2,15,19)(H,16,22)(H,17,20)/p+1/t8-,9-,12-/m1/s1.